The number of hydrogen-bond donors (Lipinski definition) is 4. The van der Waals surface area contributed by atoms with Crippen LogP contribution in [0.3, 0.4) is 0 Å². The van der Waals surface area contributed by atoms with Crippen molar-refractivity contribution in [2.24, 2.45) is 0 Å². The molecule has 5 nitrogen and oxygen atoms in total. The van der Waals surface area contributed by atoms with Gasteiger partial charge in [0.15, 0.2) is 0 Å². The number of rotatable bonds is 3. The van der Waals surface area contributed by atoms with E-state index in [0.717, 1.165) is 16.3 Å². The van der Waals surface area contributed by atoms with E-state index in [9.17, 15) is 9.90 Å². The quantitative estimate of drug-likeness (QED) is 0.596. The maximum Gasteiger partial charge on any atom is 0.323 e. The van der Waals surface area contributed by atoms with Crippen LogP contribution in [0.5, 0.6) is 5.75 Å². The number of nitrogens with one attached hydrogen (secondary N) is 2. The third kappa shape index (κ3) is 3.41. The zero-order valence-corrected chi connectivity index (χ0v) is 12.3. The highest BCUT2D eigenvalue weighted by Crippen LogP contribution is 2.27. The highest BCUT2D eigenvalue weighted by atomic mass is 16.3. The normalized spacial score (nSPS) is 10.5. The number of fused-ring (bicyclic) bond motifs is 1. The molecule has 0 aromatic heterocycles. The molecule has 116 valence electrons. The molecular weight excluding hydrogens is 292 g/mol. The number of carbonyl (C=O) groups is 1. The Kier molecular flexibility index (Phi) is 4.12. The number of hydrogen-bond acceptors (Lipinski definition) is 3. The first kappa shape index (κ1) is 14.9. The molecule has 0 bridgehead atoms. The van der Waals surface area contributed by atoms with Gasteiger partial charge < -0.3 is 20.8 Å². The van der Waals surface area contributed by atoms with E-state index in [4.69, 9.17) is 5.11 Å². The number of phenolic OH excluding ortho intramolecular Hbond substituents is 1. The predicted octanol–water partition coefficient (Wildman–Crippen LogP) is 3.68. The Morgan fingerprint density at radius 3 is 2.61 bits per heavy atom. The van der Waals surface area contributed by atoms with Crippen LogP contribution < -0.4 is 10.6 Å². The number of carbonyl (C=O) groups excluding carboxylic acids is 1. The Balaban J connectivity index is 1.81. The minimum Gasteiger partial charge on any atom is -0.508 e. The molecule has 0 heterocycles. The third-order valence-corrected chi connectivity index (χ3v) is 3.48. The van der Waals surface area contributed by atoms with E-state index in [-0.39, 0.29) is 12.4 Å². The molecular formula is C18H16N2O3. The van der Waals surface area contributed by atoms with E-state index in [1.165, 1.54) is 0 Å². The topological polar surface area (TPSA) is 81.6 Å². The summed E-state index contributed by atoms with van der Waals surface area (Å²) < 4.78 is 0. The van der Waals surface area contributed by atoms with Crippen LogP contribution in [0.25, 0.3) is 10.8 Å². The second-order valence-electron chi connectivity index (χ2n) is 5.15. The van der Waals surface area contributed by atoms with Gasteiger partial charge >= 0.3 is 6.03 Å². The van der Waals surface area contributed by atoms with Gasteiger partial charge in [-0.15, -0.1) is 0 Å². The van der Waals surface area contributed by atoms with E-state index in [0.29, 0.717) is 11.4 Å². The van der Waals surface area contributed by atoms with Crippen LogP contribution in [0.1, 0.15) is 5.56 Å². The fourth-order valence-corrected chi connectivity index (χ4v) is 2.40. The Hall–Kier alpha value is -3.05. The summed E-state index contributed by atoms with van der Waals surface area (Å²) in [7, 11) is 0. The average molecular weight is 308 g/mol. The molecule has 0 atom stereocenters. The number of amides is 2. The molecule has 0 aliphatic heterocycles. The SMILES string of the molecule is O=C(Nc1cccc(CO)c1)Nc1cccc2ccc(O)cc12. The summed E-state index contributed by atoms with van der Waals surface area (Å²) in [5.74, 6) is 0.141. The first-order valence-corrected chi connectivity index (χ1v) is 7.15. The minimum atomic E-state index is -0.393. The van der Waals surface area contributed by atoms with Crippen molar-refractivity contribution in [2.45, 2.75) is 6.61 Å². The van der Waals surface area contributed by atoms with Crippen molar-refractivity contribution in [1.82, 2.24) is 0 Å². The maximum atomic E-state index is 12.2. The molecule has 3 aromatic rings. The monoisotopic (exact) mass is 308 g/mol. The van der Waals surface area contributed by atoms with Gasteiger partial charge in [0.1, 0.15) is 5.75 Å². The highest BCUT2D eigenvalue weighted by molar-refractivity contribution is 6.06. The van der Waals surface area contributed by atoms with Gasteiger partial charge in [-0.1, -0.05) is 30.3 Å². The lowest BCUT2D eigenvalue weighted by Crippen LogP contribution is -2.19. The number of aliphatic hydroxyl groups excluding tert-OH is 1. The molecule has 0 fully saturated rings. The van der Waals surface area contributed by atoms with Crippen LogP contribution in [0.4, 0.5) is 16.2 Å². The maximum absolute atomic E-state index is 12.2. The molecule has 3 rings (SSSR count). The molecule has 23 heavy (non-hydrogen) atoms. The van der Waals surface area contributed by atoms with Gasteiger partial charge in [0.05, 0.1) is 12.3 Å². The van der Waals surface area contributed by atoms with Gasteiger partial charge in [-0.05, 0) is 41.3 Å². The van der Waals surface area contributed by atoms with E-state index < -0.39 is 6.03 Å². The summed E-state index contributed by atoms with van der Waals surface area (Å²) in [4.78, 5) is 12.2. The van der Waals surface area contributed by atoms with Crippen LogP contribution in [0, 0.1) is 0 Å². The van der Waals surface area contributed by atoms with Gasteiger partial charge in [0.2, 0.25) is 0 Å². The smallest absolute Gasteiger partial charge is 0.323 e. The predicted molar refractivity (Wildman–Crippen MR) is 90.6 cm³/mol. The zero-order valence-electron chi connectivity index (χ0n) is 12.3. The summed E-state index contributed by atoms with van der Waals surface area (Å²) in [6, 6.07) is 17.1. The van der Waals surface area contributed by atoms with E-state index in [1.54, 1.807) is 48.5 Å². The van der Waals surface area contributed by atoms with Crippen LogP contribution >= 0.6 is 0 Å². The first-order valence-electron chi connectivity index (χ1n) is 7.15. The molecule has 0 aliphatic carbocycles. The van der Waals surface area contributed by atoms with E-state index in [2.05, 4.69) is 10.6 Å². The highest BCUT2D eigenvalue weighted by Gasteiger charge is 2.07. The molecule has 0 saturated carbocycles. The van der Waals surface area contributed by atoms with Crippen molar-refractivity contribution in [3.05, 3.63) is 66.2 Å². The zero-order chi connectivity index (χ0) is 16.2. The Bertz CT molecular complexity index is 862. The molecule has 3 aromatic carbocycles. The lowest BCUT2D eigenvalue weighted by atomic mass is 10.1. The van der Waals surface area contributed by atoms with Gasteiger partial charge in [-0.3, -0.25) is 0 Å². The van der Waals surface area contributed by atoms with Crippen molar-refractivity contribution < 1.29 is 15.0 Å². The summed E-state index contributed by atoms with van der Waals surface area (Å²) in [6.45, 7) is -0.0836. The largest absolute Gasteiger partial charge is 0.508 e. The van der Waals surface area contributed by atoms with Gasteiger partial charge in [-0.2, -0.15) is 0 Å². The molecule has 0 saturated heterocycles. The molecule has 0 radical (unpaired) electrons. The van der Waals surface area contributed by atoms with Crippen molar-refractivity contribution in [3.63, 3.8) is 0 Å². The summed E-state index contributed by atoms with van der Waals surface area (Å²) in [5.41, 5.74) is 1.92. The fourth-order valence-electron chi connectivity index (χ4n) is 2.40. The lowest BCUT2D eigenvalue weighted by molar-refractivity contribution is 0.262. The van der Waals surface area contributed by atoms with Gasteiger partial charge in [-0.25, -0.2) is 4.79 Å². The average Bonchev–Trinajstić information content (AvgIpc) is 2.55. The van der Waals surface area contributed by atoms with Crippen LogP contribution in [-0.2, 0) is 6.61 Å². The molecule has 4 N–H and O–H groups in total. The Morgan fingerprint density at radius 1 is 0.957 bits per heavy atom. The number of aliphatic hydroxyl groups is 1. The second-order valence-corrected chi connectivity index (χ2v) is 5.15. The van der Waals surface area contributed by atoms with Crippen LogP contribution in [-0.4, -0.2) is 16.2 Å². The van der Waals surface area contributed by atoms with Gasteiger partial charge in [0, 0.05) is 11.1 Å². The van der Waals surface area contributed by atoms with Crippen LogP contribution in [0.2, 0.25) is 0 Å². The van der Waals surface area contributed by atoms with E-state index in [1.807, 2.05) is 12.1 Å². The Labute approximate surface area is 133 Å². The third-order valence-electron chi connectivity index (χ3n) is 3.48. The van der Waals surface area contributed by atoms with Crippen molar-refractivity contribution in [3.8, 4) is 5.75 Å². The van der Waals surface area contributed by atoms with Crippen LogP contribution in [0.15, 0.2) is 60.7 Å². The van der Waals surface area contributed by atoms with Crippen molar-refractivity contribution >= 4 is 28.2 Å². The summed E-state index contributed by atoms with van der Waals surface area (Å²) in [6.07, 6.45) is 0. The fraction of sp³-hybridized carbons (Fsp3) is 0.0556. The molecule has 0 aliphatic rings. The van der Waals surface area contributed by atoms with Crippen molar-refractivity contribution in [2.75, 3.05) is 10.6 Å². The molecule has 5 heteroatoms. The number of phenols is 1. The molecule has 0 spiro atoms. The van der Waals surface area contributed by atoms with E-state index >= 15 is 0 Å². The summed E-state index contributed by atoms with van der Waals surface area (Å²) >= 11 is 0. The number of aromatic hydroxyl groups is 1. The summed E-state index contributed by atoms with van der Waals surface area (Å²) in [5, 5.41) is 25.9. The second kappa shape index (κ2) is 6.37. The number of anilines is 2. The standard InChI is InChI=1S/C18H16N2O3/c21-11-12-3-1-5-14(9-12)19-18(23)20-17-6-2-4-13-7-8-15(22)10-16(13)17/h1-10,21-22H,11H2,(H2,19,20,23). The van der Waals surface area contributed by atoms with Crippen molar-refractivity contribution in [1.29, 1.82) is 0 Å². The lowest BCUT2D eigenvalue weighted by Gasteiger charge is -2.11. The first-order chi connectivity index (χ1) is 11.2. The molecule has 0 unspecified atom stereocenters. The molecule has 2 amide bonds. The van der Waals surface area contributed by atoms with Gasteiger partial charge in [0.25, 0.3) is 0 Å². The number of benzene rings is 3. The number of urea groups is 1. The minimum absolute atomic E-state index is 0.0836. The Morgan fingerprint density at radius 2 is 1.78 bits per heavy atom.